The van der Waals surface area contributed by atoms with Crippen LogP contribution in [-0.4, -0.2) is 22.9 Å². The van der Waals surface area contributed by atoms with Crippen LogP contribution in [0.15, 0.2) is 12.3 Å². The van der Waals surface area contributed by atoms with Crippen LogP contribution in [0.2, 0.25) is 0 Å². The van der Waals surface area contributed by atoms with Crippen molar-refractivity contribution in [2.24, 2.45) is 12.5 Å². The van der Waals surface area contributed by atoms with Crippen LogP contribution in [-0.2, 0) is 7.05 Å². The summed E-state index contributed by atoms with van der Waals surface area (Å²) in [6.45, 7) is 4.66. The molecule has 0 amide bonds. The third-order valence-electron chi connectivity index (χ3n) is 3.83. The van der Waals surface area contributed by atoms with Crippen LogP contribution >= 0.6 is 0 Å². The summed E-state index contributed by atoms with van der Waals surface area (Å²) in [4.78, 5) is 0. The number of hydrogen-bond donors (Lipinski definition) is 1. The lowest BCUT2D eigenvalue weighted by atomic mass is 9.57. The second-order valence-corrected chi connectivity index (χ2v) is 4.83. The Morgan fingerprint density at radius 1 is 1.57 bits per heavy atom. The van der Waals surface area contributed by atoms with Crippen molar-refractivity contribution in [1.82, 2.24) is 15.1 Å². The zero-order chi connectivity index (χ0) is 10.3. The Labute approximate surface area is 85.5 Å². The predicted molar refractivity (Wildman–Crippen MR) is 57.2 cm³/mol. The highest BCUT2D eigenvalue weighted by Gasteiger charge is 2.48. The van der Waals surface area contributed by atoms with Gasteiger partial charge in [-0.3, -0.25) is 4.68 Å². The summed E-state index contributed by atoms with van der Waals surface area (Å²) in [6, 6.07) is 2.78. The highest BCUT2D eigenvalue weighted by Crippen LogP contribution is 2.51. The maximum Gasteiger partial charge on any atom is 0.0492 e. The van der Waals surface area contributed by atoms with Gasteiger partial charge >= 0.3 is 0 Å². The maximum absolute atomic E-state index is 4.23. The zero-order valence-electron chi connectivity index (χ0n) is 9.41. The second-order valence-electron chi connectivity index (χ2n) is 4.83. The largest absolute Gasteiger partial charge is 0.316 e. The van der Waals surface area contributed by atoms with E-state index in [1.807, 2.05) is 25.0 Å². The maximum atomic E-state index is 4.23. The molecule has 1 heterocycles. The molecule has 1 fully saturated rings. The number of aromatic nitrogens is 2. The number of rotatable bonds is 2. The van der Waals surface area contributed by atoms with Crippen molar-refractivity contribution in [3.8, 4) is 0 Å². The summed E-state index contributed by atoms with van der Waals surface area (Å²) in [7, 11) is 4.07. The Bertz CT molecular complexity index is 327. The fourth-order valence-electron chi connectivity index (χ4n) is 2.64. The SMILES string of the molecule is CNC1CC(c2ccnn2C)C1(C)C. The van der Waals surface area contributed by atoms with E-state index in [1.54, 1.807) is 0 Å². The molecule has 3 nitrogen and oxygen atoms in total. The summed E-state index contributed by atoms with van der Waals surface area (Å²) < 4.78 is 2.00. The van der Waals surface area contributed by atoms with Crippen LogP contribution in [0.25, 0.3) is 0 Å². The van der Waals surface area contributed by atoms with Gasteiger partial charge in [0.15, 0.2) is 0 Å². The molecule has 1 aliphatic rings. The minimum Gasteiger partial charge on any atom is -0.316 e. The Hall–Kier alpha value is -0.830. The lowest BCUT2D eigenvalue weighted by Crippen LogP contribution is -2.54. The standard InChI is InChI=1S/C11H19N3/c1-11(2)8(7-10(11)12-3)9-5-6-13-14(9)4/h5-6,8,10,12H,7H2,1-4H3. The van der Waals surface area contributed by atoms with Crippen molar-refractivity contribution in [1.29, 1.82) is 0 Å². The molecule has 0 radical (unpaired) electrons. The van der Waals surface area contributed by atoms with Gasteiger partial charge in [0.2, 0.25) is 0 Å². The van der Waals surface area contributed by atoms with Crippen molar-refractivity contribution < 1.29 is 0 Å². The minimum absolute atomic E-state index is 0.350. The normalized spacial score (nSPS) is 30.0. The summed E-state index contributed by atoms with van der Waals surface area (Å²) >= 11 is 0. The number of hydrogen-bond acceptors (Lipinski definition) is 2. The Morgan fingerprint density at radius 3 is 2.71 bits per heavy atom. The fourth-order valence-corrected chi connectivity index (χ4v) is 2.64. The van der Waals surface area contributed by atoms with E-state index in [1.165, 1.54) is 12.1 Å². The molecule has 0 aromatic carbocycles. The van der Waals surface area contributed by atoms with Gasteiger partial charge in [-0.1, -0.05) is 13.8 Å². The molecule has 1 aromatic heterocycles. The van der Waals surface area contributed by atoms with Crippen LogP contribution in [0.1, 0.15) is 31.9 Å². The molecule has 78 valence electrons. The van der Waals surface area contributed by atoms with Crippen molar-refractivity contribution >= 4 is 0 Å². The van der Waals surface area contributed by atoms with E-state index >= 15 is 0 Å². The molecular formula is C11H19N3. The monoisotopic (exact) mass is 193 g/mol. The highest BCUT2D eigenvalue weighted by atomic mass is 15.3. The van der Waals surface area contributed by atoms with Crippen LogP contribution in [0.3, 0.4) is 0 Å². The summed E-state index contributed by atoms with van der Waals surface area (Å²) in [6.07, 6.45) is 3.11. The van der Waals surface area contributed by atoms with E-state index < -0.39 is 0 Å². The van der Waals surface area contributed by atoms with Crippen molar-refractivity contribution in [2.45, 2.75) is 32.2 Å². The first-order valence-corrected chi connectivity index (χ1v) is 5.22. The van der Waals surface area contributed by atoms with Gasteiger partial charge in [-0.2, -0.15) is 5.10 Å². The van der Waals surface area contributed by atoms with Crippen LogP contribution in [0.4, 0.5) is 0 Å². The van der Waals surface area contributed by atoms with Crippen molar-refractivity contribution in [3.63, 3.8) is 0 Å². The van der Waals surface area contributed by atoms with Crippen molar-refractivity contribution in [3.05, 3.63) is 18.0 Å². The van der Waals surface area contributed by atoms with E-state index in [0.29, 0.717) is 17.4 Å². The van der Waals surface area contributed by atoms with Crippen LogP contribution in [0, 0.1) is 5.41 Å². The first-order chi connectivity index (χ1) is 6.57. The first-order valence-electron chi connectivity index (χ1n) is 5.22. The van der Waals surface area contributed by atoms with E-state index in [4.69, 9.17) is 0 Å². The molecular weight excluding hydrogens is 174 g/mol. The highest BCUT2D eigenvalue weighted by molar-refractivity contribution is 5.20. The van der Waals surface area contributed by atoms with Gasteiger partial charge in [-0.15, -0.1) is 0 Å². The first kappa shape index (κ1) is 9.71. The van der Waals surface area contributed by atoms with E-state index in [0.717, 1.165) is 0 Å². The topological polar surface area (TPSA) is 29.9 Å². The fraction of sp³-hybridized carbons (Fsp3) is 0.727. The molecule has 1 aromatic rings. The minimum atomic E-state index is 0.350. The molecule has 3 heteroatoms. The third kappa shape index (κ3) is 1.19. The molecule has 0 saturated heterocycles. The zero-order valence-corrected chi connectivity index (χ0v) is 9.41. The van der Waals surface area contributed by atoms with Gasteiger partial charge in [0.25, 0.3) is 0 Å². The number of aryl methyl sites for hydroxylation is 1. The third-order valence-corrected chi connectivity index (χ3v) is 3.83. The molecule has 0 aliphatic heterocycles. The average molecular weight is 193 g/mol. The Balaban J connectivity index is 2.21. The van der Waals surface area contributed by atoms with Gasteiger partial charge in [-0.05, 0) is 24.9 Å². The summed E-state index contributed by atoms with van der Waals surface area (Å²) in [5.41, 5.74) is 1.71. The lowest BCUT2D eigenvalue weighted by Gasteiger charge is -2.52. The van der Waals surface area contributed by atoms with E-state index in [2.05, 4.69) is 30.3 Å². The molecule has 2 atom stereocenters. The molecule has 1 saturated carbocycles. The number of nitrogens with one attached hydrogen (secondary N) is 1. The molecule has 2 unspecified atom stereocenters. The Kier molecular flexibility index (Phi) is 2.14. The molecule has 2 rings (SSSR count). The lowest BCUT2D eigenvalue weighted by molar-refractivity contribution is 0.0700. The molecule has 0 bridgehead atoms. The van der Waals surface area contributed by atoms with Crippen LogP contribution in [0.5, 0.6) is 0 Å². The van der Waals surface area contributed by atoms with Crippen LogP contribution < -0.4 is 5.32 Å². The van der Waals surface area contributed by atoms with Gasteiger partial charge < -0.3 is 5.32 Å². The van der Waals surface area contributed by atoms with Gasteiger partial charge in [0, 0.05) is 30.9 Å². The molecule has 1 N–H and O–H groups in total. The number of nitrogens with zero attached hydrogens (tertiary/aromatic N) is 2. The molecule has 1 aliphatic carbocycles. The average Bonchev–Trinajstić information content (AvgIpc) is 2.51. The molecule has 14 heavy (non-hydrogen) atoms. The van der Waals surface area contributed by atoms with E-state index in [9.17, 15) is 0 Å². The summed E-state index contributed by atoms with van der Waals surface area (Å²) in [5, 5.41) is 7.61. The van der Waals surface area contributed by atoms with Gasteiger partial charge in [-0.25, -0.2) is 0 Å². The smallest absolute Gasteiger partial charge is 0.0492 e. The Morgan fingerprint density at radius 2 is 2.29 bits per heavy atom. The van der Waals surface area contributed by atoms with Crippen molar-refractivity contribution in [2.75, 3.05) is 7.05 Å². The summed E-state index contributed by atoms with van der Waals surface area (Å²) in [5.74, 6) is 0.646. The van der Waals surface area contributed by atoms with Gasteiger partial charge in [0.05, 0.1) is 0 Å². The van der Waals surface area contributed by atoms with E-state index in [-0.39, 0.29) is 0 Å². The second kappa shape index (κ2) is 3.09. The predicted octanol–water partition coefficient (Wildman–Crippen LogP) is 1.52. The quantitative estimate of drug-likeness (QED) is 0.772. The van der Waals surface area contributed by atoms with Gasteiger partial charge in [0.1, 0.15) is 0 Å². The molecule has 0 spiro atoms.